The van der Waals surface area contributed by atoms with Crippen LogP contribution in [0.2, 0.25) is 0 Å². The van der Waals surface area contributed by atoms with Crippen molar-refractivity contribution >= 4 is 17.5 Å². The average molecular weight is 318 g/mol. The predicted molar refractivity (Wildman–Crippen MR) is 90.3 cm³/mol. The summed E-state index contributed by atoms with van der Waals surface area (Å²) >= 11 is 0. The zero-order valence-corrected chi connectivity index (χ0v) is 13.9. The lowest BCUT2D eigenvalue weighted by atomic mass is 9.88. The first-order chi connectivity index (χ1) is 10.9. The van der Waals surface area contributed by atoms with Gasteiger partial charge in [-0.1, -0.05) is 25.3 Å². The van der Waals surface area contributed by atoms with Gasteiger partial charge in [0.2, 0.25) is 5.91 Å². The van der Waals surface area contributed by atoms with E-state index in [2.05, 4.69) is 10.6 Å². The van der Waals surface area contributed by atoms with Crippen molar-refractivity contribution in [2.45, 2.75) is 51.5 Å². The van der Waals surface area contributed by atoms with Gasteiger partial charge in [-0.3, -0.25) is 9.59 Å². The van der Waals surface area contributed by atoms with Gasteiger partial charge in [0.15, 0.2) is 0 Å². The fourth-order valence-electron chi connectivity index (χ4n) is 2.77. The maximum atomic E-state index is 12.3. The van der Waals surface area contributed by atoms with Gasteiger partial charge in [-0.05, 0) is 44.9 Å². The molecule has 126 valence electrons. The first-order valence-electron chi connectivity index (χ1n) is 8.25. The van der Waals surface area contributed by atoms with Gasteiger partial charge in [0.1, 0.15) is 0 Å². The lowest BCUT2D eigenvalue weighted by Gasteiger charge is -2.23. The number of benzene rings is 1. The molecule has 0 saturated heterocycles. The highest BCUT2D eigenvalue weighted by atomic mass is 16.3. The standard InChI is InChI=1S/C18H26N2O3/c1-18(2,12-21)20-17(23)14-9-6-10-15(11-14)19-16(22)13-7-4-3-5-8-13/h6,9-11,13,21H,3-5,7-8,12H2,1-2H3,(H,19,22)(H,20,23). The first-order valence-corrected chi connectivity index (χ1v) is 8.25. The molecular formula is C18H26N2O3. The third-order valence-electron chi connectivity index (χ3n) is 4.22. The Morgan fingerprint density at radius 3 is 2.57 bits per heavy atom. The van der Waals surface area contributed by atoms with Crippen molar-refractivity contribution in [3.63, 3.8) is 0 Å². The number of carbonyl (C=O) groups excluding carboxylic acids is 2. The van der Waals surface area contributed by atoms with Crippen LogP contribution in [0.3, 0.4) is 0 Å². The minimum absolute atomic E-state index is 0.0398. The van der Waals surface area contributed by atoms with E-state index in [1.165, 1.54) is 6.42 Å². The van der Waals surface area contributed by atoms with Gasteiger partial charge in [-0.25, -0.2) is 0 Å². The van der Waals surface area contributed by atoms with Crippen LogP contribution >= 0.6 is 0 Å². The molecule has 1 fully saturated rings. The minimum Gasteiger partial charge on any atom is -0.394 e. The highest BCUT2D eigenvalue weighted by Crippen LogP contribution is 2.25. The lowest BCUT2D eigenvalue weighted by Crippen LogP contribution is -2.46. The quantitative estimate of drug-likeness (QED) is 0.781. The molecule has 1 aliphatic rings. The van der Waals surface area contributed by atoms with Gasteiger partial charge >= 0.3 is 0 Å². The number of amides is 2. The fourth-order valence-corrected chi connectivity index (χ4v) is 2.77. The zero-order chi connectivity index (χ0) is 16.9. The maximum absolute atomic E-state index is 12.3. The number of hydrogen-bond donors (Lipinski definition) is 3. The van der Waals surface area contributed by atoms with E-state index in [9.17, 15) is 14.7 Å². The minimum atomic E-state index is -0.682. The topological polar surface area (TPSA) is 78.4 Å². The van der Waals surface area contributed by atoms with E-state index in [1.807, 2.05) is 0 Å². The van der Waals surface area contributed by atoms with E-state index < -0.39 is 5.54 Å². The predicted octanol–water partition coefficient (Wildman–Crippen LogP) is 2.71. The Labute approximate surface area is 137 Å². The molecule has 1 aromatic carbocycles. The Bertz CT molecular complexity index is 563. The summed E-state index contributed by atoms with van der Waals surface area (Å²) in [6.07, 6.45) is 5.31. The summed E-state index contributed by atoms with van der Waals surface area (Å²) in [5.41, 5.74) is 0.418. The van der Waals surface area contributed by atoms with Crippen LogP contribution in [-0.2, 0) is 4.79 Å². The van der Waals surface area contributed by atoms with Gasteiger partial charge < -0.3 is 15.7 Å². The summed E-state index contributed by atoms with van der Waals surface area (Å²) in [7, 11) is 0. The van der Waals surface area contributed by atoms with Crippen LogP contribution in [0, 0.1) is 5.92 Å². The molecule has 0 heterocycles. The molecule has 1 aliphatic carbocycles. The largest absolute Gasteiger partial charge is 0.394 e. The Kier molecular flexibility index (Phi) is 5.77. The van der Waals surface area contributed by atoms with E-state index in [4.69, 9.17) is 0 Å². The molecule has 3 N–H and O–H groups in total. The number of nitrogens with one attached hydrogen (secondary N) is 2. The van der Waals surface area contributed by atoms with E-state index >= 15 is 0 Å². The number of carbonyl (C=O) groups is 2. The van der Waals surface area contributed by atoms with Gasteiger partial charge in [-0.15, -0.1) is 0 Å². The van der Waals surface area contributed by atoms with E-state index in [0.29, 0.717) is 11.3 Å². The van der Waals surface area contributed by atoms with E-state index in [1.54, 1.807) is 38.1 Å². The number of rotatable bonds is 5. The molecular weight excluding hydrogens is 292 g/mol. The lowest BCUT2D eigenvalue weighted by molar-refractivity contribution is -0.120. The Morgan fingerprint density at radius 2 is 1.91 bits per heavy atom. The highest BCUT2D eigenvalue weighted by molar-refractivity contribution is 5.98. The molecule has 2 amide bonds. The summed E-state index contributed by atoms with van der Waals surface area (Å²) in [5.74, 6) is -0.148. The molecule has 0 unspecified atom stereocenters. The van der Waals surface area contributed by atoms with Gasteiger partial charge in [0.05, 0.1) is 12.1 Å². The van der Waals surface area contributed by atoms with Gasteiger partial charge in [0.25, 0.3) is 5.91 Å². The second kappa shape index (κ2) is 7.59. The molecule has 5 heteroatoms. The monoisotopic (exact) mass is 318 g/mol. The van der Waals surface area contributed by atoms with Crippen molar-refractivity contribution < 1.29 is 14.7 Å². The summed E-state index contributed by atoms with van der Waals surface area (Å²) in [5, 5.41) is 14.9. The molecule has 2 rings (SSSR count). The Morgan fingerprint density at radius 1 is 1.22 bits per heavy atom. The molecule has 1 saturated carbocycles. The molecule has 0 spiro atoms. The molecule has 0 aliphatic heterocycles. The van der Waals surface area contributed by atoms with Crippen molar-refractivity contribution in [3.8, 4) is 0 Å². The van der Waals surface area contributed by atoms with Crippen molar-refractivity contribution in [2.75, 3.05) is 11.9 Å². The molecule has 1 aromatic rings. The summed E-state index contributed by atoms with van der Waals surface area (Å²) in [4.78, 5) is 24.5. The second-order valence-electron chi connectivity index (χ2n) is 6.90. The van der Waals surface area contributed by atoms with Crippen molar-refractivity contribution in [3.05, 3.63) is 29.8 Å². The maximum Gasteiger partial charge on any atom is 0.251 e. The summed E-state index contributed by atoms with van der Waals surface area (Å²) in [6, 6.07) is 6.90. The van der Waals surface area contributed by atoms with Crippen LogP contribution in [0.15, 0.2) is 24.3 Å². The van der Waals surface area contributed by atoms with Gasteiger partial charge in [0, 0.05) is 17.2 Å². The normalized spacial score (nSPS) is 16.0. The second-order valence-corrected chi connectivity index (χ2v) is 6.90. The van der Waals surface area contributed by atoms with Crippen LogP contribution in [-0.4, -0.2) is 29.1 Å². The number of hydrogen-bond acceptors (Lipinski definition) is 3. The first kappa shape index (κ1) is 17.5. The molecule has 0 bridgehead atoms. The van der Waals surface area contributed by atoms with Crippen LogP contribution in [0.5, 0.6) is 0 Å². The van der Waals surface area contributed by atoms with E-state index in [0.717, 1.165) is 25.7 Å². The Hall–Kier alpha value is -1.88. The van der Waals surface area contributed by atoms with Crippen LogP contribution < -0.4 is 10.6 Å². The summed E-state index contributed by atoms with van der Waals surface area (Å²) in [6.45, 7) is 3.36. The van der Waals surface area contributed by atoms with Crippen molar-refractivity contribution in [1.82, 2.24) is 5.32 Å². The third-order valence-corrected chi connectivity index (χ3v) is 4.22. The van der Waals surface area contributed by atoms with Crippen molar-refractivity contribution in [1.29, 1.82) is 0 Å². The number of anilines is 1. The fraction of sp³-hybridized carbons (Fsp3) is 0.556. The van der Waals surface area contributed by atoms with Crippen LogP contribution in [0.1, 0.15) is 56.3 Å². The Balaban J connectivity index is 2.01. The average Bonchev–Trinajstić information content (AvgIpc) is 2.55. The molecule has 5 nitrogen and oxygen atoms in total. The number of aliphatic hydroxyl groups excluding tert-OH is 1. The molecule has 0 atom stereocenters. The van der Waals surface area contributed by atoms with Gasteiger partial charge in [-0.2, -0.15) is 0 Å². The molecule has 23 heavy (non-hydrogen) atoms. The van der Waals surface area contributed by atoms with Crippen LogP contribution in [0.25, 0.3) is 0 Å². The number of aliphatic hydroxyl groups is 1. The third kappa shape index (κ3) is 5.06. The van der Waals surface area contributed by atoms with Crippen molar-refractivity contribution in [2.24, 2.45) is 5.92 Å². The molecule has 0 aromatic heterocycles. The smallest absolute Gasteiger partial charge is 0.251 e. The summed E-state index contributed by atoms with van der Waals surface area (Å²) < 4.78 is 0. The van der Waals surface area contributed by atoms with Crippen LogP contribution in [0.4, 0.5) is 5.69 Å². The molecule has 0 radical (unpaired) electrons. The van der Waals surface area contributed by atoms with E-state index in [-0.39, 0.29) is 24.3 Å². The highest BCUT2D eigenvalue weighted by Gasteiger charge is 2.22. The SMILES string of the molecule is CC(C)(CO)NC(=O)c1cccc(NC(=O)C2CCCCC2)c1. The zero-order valence-electron chi connectivity index (χ0n) is 13.9.